The van der Waals surface area contributed by atoms with Gasteiger partial charge in [-0.2, -0.15) is 13.2 Å². The number of thiazole rings is 1. The molecule has 1 aliphatic rings. The van der Waals surface area contributed by atoms with Gasteiger partial charge < -0.3 is 14.6 Å². The number of carboxylic acid groups (broad SMARTS) is 1. The highest BCUT2D eigenvalue weighted by molar-refractivity contribution is 7.09. The number of carboxylic acids is 1. The van der Waals surface area contributed by atoms with Gasteiger partial charge in [-0.05, 0) is 31.0 Å². The van der Waals surface area contributed by atoms with E-state index in [-0.39, 0.29) is 18.3 Å². The molecule has 1 aromatic carbocycles. The lowest BCUT2D eigenvalue weighted by Gasteiger charge is -2.26. The summed E-state index contributed by atoms with van der Waals surface area (Å²) in [5.41, 5.74) is 1.32. The van der Waals surface area contributed by atoms with E-state index in [2.05, 4.69) is 9.72 Å². The van der Waals surface area contributed by atoms with Gasteiger partial charge in [0.05, 0.1) is 18.4 Å². The number of nitrogens with zero attached hydrogens (tertiary/aromatic N) is 2. The van der Waals surface area contributed by atoms with Gasteiger partial charge in [-0.1, -0.05) is 12.1 Å². The van der Waals surface area contributed by atoms with Crippen molar-refractivity contribution in [2.75, 3.05) is 13.7 Å². The lowest BCUT2D eigenvalue weighted by Crippen LogP contribution is -2.43. The number of halogens is 3. The highest BCUT2D eigenvalue weighted by atomic mass is 32.1. The first kappa shape index (κ1) is 22.2. The zero-order chi connectivity index (χ0) is 22.1. The van der Waals surface area contributed by atoms with Crippen LogP contribution in [0.25, 0.3) is 0 Å². The molecule has 1 fully saturated rings. The van der Waals surface area contributed by atoms with E-state index in [1.54, 1.807) is 36.1 Å². The van der Waals surface area contributed by atoms with Gasteiger partial charge in [0, 0.05) is 18.0 Å². The fourth-order valence-corrected chi connectivity index (χ4v) is 3.98. The minimum atomic E-state index is -4.56. The molecule has 1 saturated heterocycles. The summed E-state index contributed by atoms with van der Waals surface area (Å²) in [5.74, 6) is -1.69. The molecule has 7 nitrogen and oxygen atoms in total. The number of ether oxygens (including phenoxy) is 2. The van der Waals surface area contributed by atoms with Crippen LogP contribution in [-0.2, 0) is 26.9 Å². The second-order valence-electron chi connectivity index (χ2n) is 6.83. The number of rotatable bonds is 6. The molecule has 2 aromatic rings. The lowest BCUT2D eigenvalue weighted by atomic mass is 10.0. The lowest BCUT2D eigenvalue weighted by molar-refractivity contribution is -0.158. The number of benzene rings is 1. The fraction of sp³-hybridized carbons (Fsp3) is 0.421. The van der Waals surface area contributed by atoms with Crippen molar-refractivity contribution in [3.05, 3.63) is 51.5 Å². The maximum Gasteiger partial charge on any atom is 0.443 e. The SMILES string of the molecule is COC(=O)c1ccc(CC(C)N2CC(c3csc(C(F)(F)F)n3)OC2C(=O)O)cc1. The molecule has 1 N–H and O–H groups in total. The third kappa shape index (κ3) is 4.79. The molecule has 3 atom stereocenters. The van der Waals surface area contributed by atoms with Crippen LogP contribution in [0.2, 0.25) is 0 Å². The summed E-state index contributed by atoms with van der Waals surface area (Å²) < 4.78 is 48.6. The highest BCUT2D eigenvalue weighted by Crippen LogP contribution is 2.36. The van der Waals surface area contributed by atoms with E-state index < -0.39 is 35.5 Å². The molecule has 30 heavy (non-hydrogen) atoms. The summed E-state index contributed by atoms with van der Waals surface area (Å²) in [6.45, 7) is 1.90. The van der Waals surface area contributed by atoms with Gasteiger partial charge in [-0.3, -0.25) is 4.90 Å². The van der Waals surface area contributed by atoms with Crippen molar-refractivity contribution in [1.82, 2.24) is 9.88 Å². The number of aromatic nitrogens is 1. The third-order valence-corrected chi connectivity index (χ3v) is 5.65. The van der Waals surface area contributed by atoms with E-state index in [0.29, 0.717) is 23.3 Å². The number of aliphatic carboxylic acids is 1. The van der Waals surface area contributed by atoms with Gasteiger partial charge in [0.1, 0.15) is 6.10 Å². The monoisotopic (exact) mass is 444 g/mol. The Labute approximate surface area is 174 Å². The second-order valence-corrected chi connectivity index (χ2v) is 7.69. The molecule has 162 valence electrons. The molecular weight excluding hydrogens is 425 g/mol. The first-order valence-corrected chi connectivity index (χ1v) is 9.82. The Hall–Kier alpha value is -2.50. The zero-order valence-electron chi connectivity index (χ0n) is 16.0. The van der Waals surface area contributed by atoms with Crippen molar-refractivity contribution in [2.24, 2.45) is 0 Å². The summed E-state index contributed by atoms with van der Waals surface area (Å²) in [5, 5.41) is 9.75. The highest BCUT2D eigenvalue weighted by Gasteiger charge is 2.43. The summed E-state index contributed by atoms with van der Waals surface area (Å²) in [7, 11) is 1.29. The number of carbonyl (C=O) groups is 2. The van der Waals surface area contributed by atoms with E-state index in [1.807, 2.05) is 0 Å². The van der Waals surface area contributed by atoms with Crippen LogP contribution in [0.4, 0.5) is 13.2 Å². The molecule has 0 aliphatic carbocycles. The normalized spacial score (nSPS) is 20.8. The van der Waals surface area contributed by atoms with Gasteiger partial charge in [0.25, 0.3) is 0 Å². The van der Waals surface area contributed by atoms with Crippen LogP contribution in [-0.4, -0.2) is 52.9 Å². The molecule has 0 saturated carbocycles. The smallest absolute Gasteiger partial charge is 0.443 e. The summed E-state index contributed by atoms with van der Waals surface area (Å²) >= 11 is 0.451. The Morgan fingerprint density at radius 2 is 2.03 bits per heavy atom. The minimum absolute atomic E-state index is 0.0655. The number of hydrogen-bond donors (Lipinski definition) is 1. The Kier molecular flexibility index (Phi) is 6.44. The van der Waals surface area contributed by atoms with Gasteiger partial charge in [0.2, 0.25) is 6.23 Å². The molecule has 3 rings (SSSR count). The summed E-state index contributed by atoms with van der Waals surface area (Å²) in [6, 6.07) is 6.41. The van der Waals surface area contributed by atoms with Crippen molar-refractivity contribution < 1.29 is 37.3 Å². The third-order valence-electron chi connectivity index (χ3n) is 4.75. The second kappa shape index (κ2) is 8.70. The van der Waals surface area contributed by atoms with E-state index in [4.69, 9.17) is 4.74 Å². The molecule has 1 aromatic heterocycles. The van der Waals surface area contributed by atoms with Crippen molar-refractivity contribution in [3.8, 4) is 0 Å². The van der Waals surface area contributed by atoms with Crippen LogP contribution < -0.4 is 0 Å². The van der Waals surface area contributed by atoms with Crippen LogP contribution in [0.1, 0.15) is 39.7 Å². The van der Waals surface area contributed by atoms with E-state index in [1.165, 1.54) is 12.5 Å². The largest absolute Gasteiger partial charge is 0.478 e. The topological polar surface area (TPSA) is 89.0 Å². The molecule has 0 spiro atoms. The van der Waals surface area contributed by atoms with Crippen molar-refractivity contribution >= 4 is 23.3 Å². The Morgan fingerprint density at radius 1 is 1.37 bits per heavy atom. The average Bonchev–Trinajstić information content (AvgIpc) is 3.35. The van der Waals surface area contributed by atoms with Crippen LogP contribution in [0, 0.1) is 0 Å². The first-order valence-electron chi connectivity index (χ1n) is 8.94. The number of hydrogen-bond acceptors (Lipinski definition) is 7. The maximum atomic E-state index is 12.8. The van der Waals surface area contributed by atoms with E-state index in [0.717, 1.165) is 5.56 Å². The van der Waals surface area contributed by atoms with Gasteiger partial charge in [-0.15, -0.1) is 11.3 Å². The van der Waals surface area contributed by atoms with Gasteiger partial charge in [0.15, 0.2) is 5.01 Å². The Balaban J connectivity index is 1.72. The van der Waals surface area contributed by atoms with Crippen LogP contribution >= 0.6 is 11.3 Å². The molecular formula is C19H19F3N2O5S. The summed E-state index contributed by atoms with van der Waals surface area (Å²) in [4.78, 5) is 28.3. The minimum Gasteiger partial charge on any atom is -0.478 e. The van der Waals surface area contributed by atoms with Crippen molar-refractivity contribution in [2.45, 2.75) is 37.9 Å². The summed E-state index contributed by atoms with van der Waals surface area (Å²) in [6.07, 6.45) is -6.28. The number of methoxy groups -OCH3 is 1. The van der Waals surface area contributed by atoms with E-state index in [9.17, 15) is 27.9 Å². The van der Waals surface area contributed by atoms with Gasteiger partial charge >= 0.3 is 18.1 Å². The van der Waals surface area contributed by atoms with Gasteiger partial charge in [-0.25, -0.2) is 14.6 Å². The molecule has 3 unspecified atom stereocenters. The molecule has 11 heteroatoms. The molecule has 2 heterocycles. The zero-order valence-corrected chi connectivity index (χ0v) is 16.9. The maximum absolute atomic E-state index is 12.8. The number of alkyl halides is 3. The van der Waals surface area contributed by atoms with Crippen LogP contribution in [0.3, 0.4) is 0 Å². The fourth-order valence-electron chi connectivity index (χ4n) is 3.26. The predicted molar refractivity (Wildman–Crippen MR) is 100 cm³/mol. The van der Waals surface area contributed by atoms with Crippen LogP contribution in [0.5, 0.6) is 0 Å². The van der Waals surface area contributed by atoms with Crippen molar-refractivity contribution in [1.29, 1.82) is 0 Å². The molecule has 1 aliphatic heterocycles. The molecule has 0 bridgehead atoms. The molecule has 0 amide bonds. The van der Waals surface area contributed by atoms with E-state index >= 15 is 0 Å². The Morgan fingerprint density at radius 3 is 2.57 bits per heavy atom. The predicted octanol–water partition coefficient (Wildman–Crippen LogP) is 3.36. The quantitative estimate of drug-likeness (QED) is 0.684. The standard InChI is InChI=1S/C19H19F3N2O5S/c1-10(7-11-3-5-12(6-4-11)17(27)28-2)24-8-14(29-15(24)16(25)26)13-9-30-18(23-13)19(20,21)22/h3-6,9-10,14-15H,7-8H2,1-2H3,(H,25,26). The van der Waals surface area contributed by atoms with Crippen molar-refractivity contribution in [3.63, 3.8) is 0 Å². The average molecular weight is 444 g/mol. The molecule has 0 radical (unpaired) electrons. The number of esters is 1. The first-order chi connectivity index (χ1) is 14.1. The van der Waals surface area contributed by atoms with Crippen LogP contribution in [0.15, 0.2) is 29.6 Å². The number of carbonyl (C=O) groups excluding carboxylic acids is 1. The Bertz CT molecular complexity index is 916.